The molecule has 0 rings (SSSR count). The van der Waals surface area contributed by atoms with Gasteiger partial charge in [0.25, 0.3) is 0 Å². The molecule has 4 nitrogen and oxygen atoms in total. The van der Waals surface area contributed by atoms with Gasteiger partial charge in [-0.1, -0.05) is 19.4 Å². The average Bonchev–Trinajstić information content (AvgIpc) is 2.12. The Morgan fingerprint density at radius 1 is 1.36 bits per heavy atom. The molecule has 0 saturated carbocycles. The lowest BCUT2D eigenvalue weighted by Gasteiger charge is -2.03. The fraction of sp³-hybridized carbons (Fsp3) is 0.600. The molecule has 0 radical (unpaired) electrons. The summed E-state index contributed by atoms with van der Waals surface area (Å²) in [6, 6.07) is 0. The molecule has 14 heavy (non-hydrogen) atoms. The molecular formula is C10H16O4. The number of allylic oxidation sites excluding steroid dienone is 1. The van der Waals surface area contributed by atoms with Gasteiger partial charge in [0.15, 0.2) is 0 Å². The summed E-state index contributed by atoms with van der Waals surface area (Å²) >= 11 is 0. The number of carbonyl (C=O) groups excluding carboxylic acids is 1. The van der Waals surface area contributed by atoms with E-state index in [1.54, 1.807) is 13.0 Å². The molecule has 0 heterocycles. The van der Waals surface area contributed by atoms with Crippen molar-refractivity contribution in [3.8, 4) is 0 Å². The number of esters is 1. The maximum atomic E-state index is 11.2. The van der Waals surface area contributed by atoms with E-state index in [9.17, 15) is 9.59 Å². The summed E-state index contributed by atoms with van der Waals surface area (Å²) in [4.78, 5) is 21.7. The Kier molecular flexibility index (Phi) is 6.45. The normalized spacial score (nSPS) is 11.1. The zero-order valence-electron chi connectivity index (χ0n) is 8.58. The lowest BCUT2D eigenvalue weighted by atomic mass is 10.1. The fourth-order valence-corrected chi connectivity index (χ4v) is 0.933. The second-order valence-corrected chi connectivity index (χ2v) is 2.81. The lowest BCUT2D eigenvalue weighted by molar-refractivity contribution is -0.142. The third kappa shape index (κ3) is 5.35. The molecule has 0 fully saturated rings. The second-order valence-electron chi connectivity index (χ2n) is 2.81. The molecule has 0 unspecified atom stereocenters. The molecular weight excluding hydrogens is 184 g/mol. The van der Waals surface area contributed by atoms with Gasteiger partial charge < -0.3 is 9.84 Å². The van der Waals surface area contributed by atoms with Gasteiger partial charge in [0, 0.05) is 5.57 Å². The van der Waals surface area contributed by atoms with E-state index in [4.69, 9.17) is 9.84 Å². The zero-order chi connectivity index (χ0) is 11.0. The minimum Gasteiger partial charge on any atom is -0.481 e. The summed E-state index contributed by atoms with van der Waals surface area (Å²) in [7, 11) is 0. The van der Waals surface area contributed by atoms with Gasteiger partial charge in [0.05, 0.1) is 13.0 Å². The summed E-state index contributed by atoms with van der Waals surface area (Å²) < 4.78 is 4.73. The van der Waals surface area contributed by atoms with E-state index in [2.05, 4.69) is 0 Å². The first-order valence-electron chi connectivity index (χ1n) is 4.69. The summed E-state index contributed by atoms with van der Waals surface area (Å²) in [6.45, 7) is 3.91. The number of carboxylic acid groups (broad SMARTS) is 1. The van der Waals surface area contributed by atoms with Crippen molar-refractivity contribution in [3.63, 3.8) is 0 Å². The highest BCUT2D eigenvalue weighted by atomic mass is 16.5. The van der Waals surface area contributed by atoms with Crippen molar-refractivity contribution in [1.29, 1.82) is 0 Å². The summed E-state index contributed by atoms with van der Waals surface area (Å²) in [6.07, 6.45) is 2.94. The molecule has 0 aliphatic rings. The zero-order valence-corrected chi connectivity index (χ0v) is 8.58. The van der Waals surface area contributed by atoms with Crippen molar-refractivity contribution in [2.75, 3.05) is 6.61 Å². The Morgan fingerprint density at radius 2 is 2.00 bits per heavy atom. The Bertz CT molecular complexity index is 230. The topological polar surface area (TPSA) is 63.6 Å². The van der Waals surface area contributed by atoms with Crippen LogP contribution in [0.5, 0.6) is 0 Å². The van der Waals surface area contributed by atoms with Crippen LogP contribution in [0.1, 0.15) is 33.1 Å². The van der Waals surface area contributed by atoms with Crippen LogP contribution in [0.2, 0.25) is 0 Å². The van der Waals surface area contributed by atoms with Gasteiger partial charge in [-0.2, -0.15) is 0 Å². The monoisotopic (exact) mass is 200 g/mol. The number of ether oxygens (including phenoxy) is 1. The van der Waals surface area contributed by atoms with Crippen molar-refractivity contribution in [2.24, 2.45) is 0 Å². The first kappa shape index (κ1) is 12.7. The van der Waals surface area contributed by atoms with Crippen LogP contribution in [0.25, 0.3) is 0 Å². The number of aliphatic carboxylic acids is 1. The number of carboxylic acids is 1. The van der Waals surface area contributed by atoms with Crippen molar-refractivity contribution >= 4 is 11.9 Å². The van der Waals surface area contributed by atoms with Gasteiger partial charge in [0.1, 0.15) is 0 Å². The van der Waals surface area contributed by atoms with Crippen molar-refractivity contribution in [1.82, 2.24) is 0 Å². The number of hydrogen-bond acceptors (Lipinski definition) is 3. The molecule has 0 bridgehead atoms. The predicted molar refractivity (Wildman–Crippen MR) is 51.9 cm³/mol. The van der Waals surface area contributed by atoms with E-state index in [1.165, 1.54) is 0 Å². The SMILES string of the molecule is CCCC=C(CC(=O)O)C(=O)OCC. The van der Waals surface area contributed by atoms with E-state index < -0.39 is 11.9 Å². The molecule has 0 aliphatic carbocycles. The highest BCUT2D eigenvalue weighted by molar-refractivity contribution is 5.93. The largest absolute Gasteiger partial charge is 0.481 e. The molecule has 0 atom stereocenters. The van der Waals surface area contributed by atoms with Gasteiger partial charge >= 0.3 is 11.9 Å². The summed E-state index contributed by atoms with van der Waals surface area (Å²) in [5, 5.41) is 8.55. The maximum Gasteiger partial charge on any atom is 0.334 e. The number of hydrogen-bond donors (Lipinski definition) is 1. The number of rotatable bonds is 6. The van der Waals surface area contributed by atoms with Crippen molar-refractivity contribution < 1.29 is 19.4 Å². The maximum absolute atomic E-state index is 11.2. The van der Waals surface area contributed by atoms with Crippen LogP contribution in [0.4, 0.5) is 0 Å². The second kappa shape index (κ2) is 7.12. The molecule has 0 aliphatic heterocycles. The van der Waals surface area contributed by atoms with Crippen molar-refractivity contribution in [3.05, 3.63) is 11.6 Å². The predicted octanol–water partition coefficient (Wildman–Crippen LogP) is 1.75. The molecule has 4 heteroatoms. The Labute approximate surface area is 83.6 Å². The molecule has 0 spiro atoms. The molecule has 80 valence electrons. The Morgan fingerprint density at radius 3 is 2.43 bits per heavy atom. The van der Waals surface area contributed by atoms with E-state index >= 15 is 0 Å². The first-order valence-corrected chi connectivity index (χ1v) is 4.69. The number of unbranched alkanes of at least 4 members (excludes halogenated alkanes) is 1. The minimum absolute atomic E-state index is 0.237. The van der Waals surface area contributed by atoms with Crippen LogP contribution in [0.3, 0.4) is 0 Å². The van der Waals surface area contributed by atoms with Crippen LogP contribution >= 0.6 is 0 Å². The first-order chi connectivity index (χ1) is 6.61. The quantitative estimate of drug-likeness (QED) is 0.524. The highest BCUT2D eigenvalue weighted by Gasteiger charge is 2.13. The van der Waals surface area contributed by atoms with Gasteiger partial charge in [-0.15, -0.1) is 0 Å². The van der Waals surface area contributed by atoms with E-state index in [0.29, 0.717) is 6.42 Å². The van der Waals surface area contributed by atoms with Crippen LogP contribution in [0.15, 0.2) is 11.6 Å². The van der Waals surface area contributed by atoms with Crippen molar-refractivity contribution in [2.45, 2.75) is 33.1 Å². The van der Waals surface area contributed by atoms with Gasteiger partial charge in [-0.3, -0.25) is 4.79 Å². The van der Waals surface area contributed by atoms with Gasteiger partial charge in [-0.05, 0) is 13.3 Å². The molecule has 0 aromatic rings. The van der Waals surface area contributed by atoms with E-state index in [0.717, 1.165) is 6.42 Å². The summed E-state index contributed by atoms with van der Waals surface area (Å²) in [5.74, 6) is -1.54. The molecule has 0 saturated heterocycles. The molecule has 0 amide bonds. The Hall–Kier alpha value is -1.32. The third-order valence-corrected chi connectivity index (χ3v) is 1.56. The fourth-order valence-electron chi connectivity index (χ4n) is 0.933. The van der Waals surface area contributed by atoms with E-state index in [-0.39, 0.29) is 18.6 Å². The minimum atomic E-state index is -1.01. The van der Waals surface area contributed by atoms with Gasteiger partial charge in [0.2, 0.25) is 0 Å². The van der Waals surface area contributed by atoms with Crippen LogP contribution in [0, 0.1) is 0 Å². The molecule has 1 N–H and O–H groups in total. The summed E-state index contributed by atoms with van der Waals surface area (Å²) in [5.41, 5.74) is 0.237. The lowest BCUT2D eigenvalue weighted by Crippen LogP contribution is -2.11. The highest BCUT2D eigenvalue weighted by Crippen LogP contribution is 2.07. The third-order valence-electron chi connectivity index (χ3n) is 1.56. The molecule has 0 aromatic heterocycles. The van der Waals surface area contributed by atoms with Crippen LogP contribution in [-0.2, 0) is 14.3 Å². The Balaban J connectivity index is 4.37. The standard InChI is InChI=1S/C10H16O4/c1-3-5-6-8(7-9(11)12)10(13)14-4-2/h6H,3-5,7H2,1-2H3,(H,11,12). The van der Waals surface area contributed by atoms with Gasteiger partial charge in [-0.25, -0.2) is 4.79 Å². The van der Waals surface area contributed by atoms with Crippen LogP contribution < -0.4 is 0 Å². The average molecular weight is 200 g/mol. The van der Waals surface area contributed by atoms with E-state index in [1.807, 2.05) is 6.92 Å². The molecule has 0 aromatic carbocycles. The van der Waals surface area contributed by atoms with Crippen LogP contribution in [-0.4, -0.2) is 23.7 Å². The number of carbonyl (C=O) groups is 2. The smallest absolute Gasteiger partial charge is 0.334 e.